The molecule has 1 aliphatic rings. The fraction of sp³-hybridized carbons (Fsp3) is 0.500. The van der Waals surface area contributed by atoms with E-state index in [9.17, 15) is 0 Å². The second-order valence-electron chi connectivity index (χ2n) is 4.94. The summed E-state index contributed by atoms with van der Waals surface area (Å²) in [5, 5.41) is 3.37. The van der Waals surface area contributed by atoms with E-state index in [0.29, 0.717) is 6.10 Å². The van der Waals surface area contributed by atoms with E-state index < -0.39 is 0 Å². The summed E-state index contributed by atoms with van der Waals surface area (Å²) in [6.45, 7) is 4.77. The monoisotopic (exact) mass is 245 g/mol. The number of aromatic nitrogens is 2. The number of nitrogens with zero attached hydrogens (tertiary/aromatic N) is 2. The molecule has 1 atom stereocenters. The molecule has 1 N–H and O–H groups in total. The number of nitrogens with one attached hydrogen (secondary N) is 1. The Morgan fingerprint density at radius 3 is 3.17 bits per heavy atom. The highest BCUT2D eigenvalue weighted by Crippen LogP contribution is 2.18. The first-order valence-electron chi connectivity index (χ1n) is 6.48. The summed E-state index contributed by atoms with van der Waals surface area (Å²) in [6.07, 6.45) is 1.26. The molecule has 2 heterocycles. The van der Waals surface area contributed by atoms with Crippen LogP contribution in [0.1, 0.15) is 11.4 Å². The molecule has 1 aromatic heterocycles. The summed E-state index contributed by atoms with van der Waals surface area (Å²) in [6, 6.07) is 6.49. The van der Waals surface area contributed by atoms with Crippen molar-refractivity contribution in [3.05, 3.63) is 29.6 Å². The van der Waals surface area contributed by atoms with Gasteiger partial charge in [-0.15, -0.1) is 0 Å². The quantitative estimate of drug-likeness (QED) is 0.869. The number of hydrogen-bond donors (Lipinski definition) is 1. The van der Waals surface area contributed by atoms with Crippen LogP contribution in [0.25, 0.3) is 11.0 Å². The van der Waals surface area contributed by atoms with Gasteiger partial charge in [0.05, 0.1) is 23.7 Å². The Morgan fingerprint density at radius 2 is 2.39 bits per heavy atom. The maximum absolute atomic E-state index is 5.74. The lowest BCUT2D eigenvalue weighted by Crippen LogP contribution is -2.39. The first kappa shape index (κ1) is 11.7. The average molecular weight is 245 g/mol. The number of rotatable bonds is 2. The van der Waals surface area contributed by atoms with E-state index in [-0.39, 0.29) is 0 Å². The zero-order valence-corrected chi connectivity index (χ0v) is 10.9. The number of fused-ring (bicyclic) bond motifs is 1. The Bertz CT molecular complexity index is 555. The molecule has 3 rings (SSSR count). The molecule has 1 saturated heterocycles. The first-order valence-corrected chi connectivity index (χ1v) is 6.48. The Morgan fingerprint density at radius 1 is 1.50 bits per heavy atom. The number of hydrogen-bond acceptors (Lipinski definition) is 3. The Kier molecular flexibility index (Phi) is 3.06. The number of imidazole rings is 1. The number of benzene rings is 1. The van der Waals surface area contributed by atoms with Crippen LogP contribution in [0.15, 0.2) is 18.2 Å². The van der Waals surface area contributed by atoms with Crippen molar-refractivity contribution in [2.24, 2.45) is 7.05 Å². The predicted molar refractivity (Wildman–Crippen MR) is 71.8 cm³/mol. The third-order valence-electron chi connectivity index (χ3n) is 3.64. The summed E-state index contributed by atoms with van der Waals surface area (Å²) < 4.78 is 7.88. The molecule has 0 bridgehead atoms. The summed E-state index contributed by atoms with van der Waals surface area (Å²) in [5.74, 6) is 1.05. The maximum atomic E-state index is 5.74. The minimum Gasteiger partial charge on any atom is -0.375 e. The van der Waals surface area contributed by atoms with E-state index in [4.69, 9.17) is 4.74 Å². The van der Waals surface area contributed by atoms with Crippen molar-refractivity contribution in [1.82, 2.24) is 14.9 Å². The van der Waals surface area contributed by atoms with Crippen molar-refractivity contribution in [2.45, 2.75) is 19.4 Å². The van der Waals surface area contributed by atoms with Crippen molar-refractivity contribution >= 4 is 11.0 Å². The van der Waals surface area contributed by atoms with Gasteiger partial charge in [0, 0.05) is 20.1 Å². The van der Waals surface area contributed by atoms with Crippen molar-refractivity contribution < 1.29 is 4.74 Å². The van der Waals surface area contributed by atoms with Gasteiger partial charge >= 0.3 is 0 Å². The van der Waals surface area contributed by atoms with Gasteiger partial charge in [-0.05, 0) is 31.0 Å². The lowest BCUT2D eigenvalue weighted by molar-refractivity contribution is 0.0292. The Balaban J connectivity index is 1.85. The third kappa shape index (κ3) is 2.13. The average Bonchev–Trinajstić information content (AvgIpc) is 2.67. The molecule has 1 aliphatic heterocycles. The minimum absolute atomic E-state index is 0.297. The van der Waals surface area contributed by atoms with Gasteiger partial charge in [0.15, 0.2) is 0 Å². The first-order chi connectivity index (χ1) is 8.74. The van der Waals surface area contributed by atoms with E-state index >= 15 is 0 Å². The van der Waals surface area contributed by atoms with Crippen LogP contribution in [0.3, 0.4) is 0 Å². The second-order valence-corrected chi connectivity index (χ2v) is 4.94. The predicted octanol–water partition coefficient (Wildman–Crippen LogP) is 1.41. The van der Waals surface area contributed by atoms with Crippen LogP contribution in [-0.2, 0) is 18.2 Å². The summed E-state index contributed by atoms with van der Waals surface area (Å²) in [7, 11) is 2.06. The highest BCUT2D eigenvalue weighted by molar-refractivity contribution is 5.76. The van der Waals surface area contributed by atoms with Crippen LogP contribution in [-0.4, -0.2) is 35.4 Å². The summed E-state index contributed by atoms with van der Waals surface area (Å²) in [4.78, 5) is 4.52. The van der Waals surface area contributed by atoms with Gasteiger partial charge < -0.3 is 14.6 Å². The van der Waals surface area contributed by atoms with Gasteiger partial charge in [0.2, 0.25) is 0 Å². The number of aryl methyl sites for hydroxylation is 2. The van der Waals surface area contributed by atoms with Crippen molar-refractivity contribution in [1.29, 1.82) is 0 Å². The second kappa shape index (κ2) is 4.71. The topological polar surface area (TPSA) is 39.1 Å². The zero-order chi connectivity index (χ0) is 12.5. The molecule has 0 amide bonds. The van der Waals surface area contributed by atoms with Gasteiger partial charge in [-0.1, -0.05) is 6.07 Å². The molecule has 1 unspecified atom stereocenters. The molecule has 0 spiro atoms. The smallest absolute Gasteiger partial charge is 0.106 e. The lowest BCUT2D eigenvalue weighted by Gasteiger charge is -2.23. The zero-order valence-electron chi connectivity index (χ0n) is 10.9. The molecular formula is C14H19N3O. The normalized spacial score (nSPS) is 20.4. The molecule has 4 heteroatoms. The van der Waals surface area contributed by atoms with E-state index in [1.807, 2.05) is 6.92 Å². The van der Waals surface area contributed by atoms with Gasteiger partial charge in [-0.25, -0.2) is 4.98 Å². The van der Waals surface area contributed by atoms with Gasteiger partial charge in [0.1, 0.15) is 5.82 Å². The molecule has 0 aliphatic carbocycles. The maximum Gasteiger partial charge on any atom is 0.106 e. The molecule has 1 fully saturated rings. The van der Waals surface area contributed by atoms with Gasteiger partial charge in [-0.3, -0.25) is 0 Å². The Labute approximate surface area is 107 Å². The minimum atomic E-state index is 0.297. The van der Waals surface area contributed by atoms with E-state index in [1.54, 1.807) is 0 Å². The SMILES string of the molecule is Cc1nc2ccc(CC3CNCCO3)cc2n1C. The fourth-order valence-electron chi connectivity index (χ4n) is 2.50. The van der Waals surface area contributed by atoms with Gasteiger partial charge in [0.25, 0.3) is 0 Å². The number of morpholine rings is 1. The van der Waals surface area contributed by atoms with Crippen molar-refractivity contribution in [2.75, 3.05) is 19.7 Å². The largest absolute Gasteiger partial charge is 0.375 e. The Hall–Kier alpha value is -1.39. The third-order valence-corrected chi connectivity index (χ3v) is 3.64. The van der Waals surface area contributed by atoms with Crippen LogP contribution in [0.2, 0.25) is 0 Å². The van der Waals surface area contributed by atoms with Crippen LogP contribution < -0.4 is 5.32 Å². The van der Waals surface area contributed by atoms with Gasteiger partial charge in [-0.2, -0.15) is 0 Å². The fourth-order valence-corrected chi connectivity index (χ4v) is 2.50. The van der Waals surface area contributed by atoms with Crippen LogP contribution in [0.5, 0.6) is 0 Å². The lowest BCUT2D eigenvalue weighted by atomic mass is 10.1. The number of ether oxygens (including phenoxy) is 1. The van der Waals surface area contributed by atoms with Crippen LogP contribution >= 0.6 is 0 Å². The molecule has 0 saturated carbocycles. The standard InChI is InChI=1S/C14H19N3O/c1-10-16-13-4-3-11(8-14(13)17(10)2)7-12-9-15-5-6-18-12/h3-4,8,12,15H,5-7,9H2,1-2H3. The van der Waals surface area contributed by atoms with E-state index in [0.717, 1.165) is 37.5 Å². The van der Waals surface area contributed by atoms with Crippen LogP contribution in [0, 0.1) is 6.92 Å². The van der Waals surface area contributed by atoms with E-state index in [1.165, 1.54) is 11.1 Å². The van der Waals surface area contributed by atoms with Crippen molar-refractivity contribution in [3.63, 3.8) is 0 Å². The summed E-state index contributed by atoms with van der Waals surface area (Å²) in [5.41, 5.74) is 3.59. The highest BCUT2D eigenvalue weighted by atomic mass is 16.5. The molecule has 4 nitrogen and oxygen atoms in total. The molecular weight excluding hydrogens is 226 g/mol. The molecule has 2 aromatic rings. The van der Waals surface area contributed by atoms with E-state index in [2.05, 4.69) is 40.1 Å². The molecule has 0 radical (unpaired) electrons. The van der Waals surface area contributed by atoms with Crippen LogP contribution in [0.4, 0.5) is 0 Å². The molecule has 96 valence electrons. The molecule has 1 aromatic carbocycles. The van der Waals surface area contributed by atoms with Crippen molar-refractivity contribution in [3.8, 4) is 0 Å². The highest BCUT2D eigenvalue weighted by Gasteiger charge is 2.14. The summed E-state index contributed by atoms with van der Waals surface area (Å²) >= 11 is 0. The molecule has 18 heavy (non-hydrogen) atoms.